The summed E-state index contributed by atoms with van der Waals surface area (Å²) in [5.74, 6) is 0.282. The number of anilines is 1. The molecule has 1 aromatic heterocycles. The number of amides is 1. The van der Waals surface area contributed by atoms with E-state index >= 15 is 0 Å². The molecule has 0 saturated carbocycles. The molecule has 4 aromatic rings. The van der Waals surface area contributed by atoms with Crippen LogP contribution in [-0.2, 0) is 21.8 Å². The Bertz CT molecular complexity index is 1730. The molecule has 1 amide bonds. The summed E-state index contributed by atoms with van der Waals surface area (Å²) in [7, 11) is 0. The van der Waals surface area contributed by atoms with Crippen LogP contribution in [0.1, 0.15) is 60.5 Å². The van der Waals surface area contributed by atoms with Gasteiger partial charge in [-0.3, -0.25) is 14.5 Å². The van der Waals surface area contributed by atoms with Crippen LogP contribution < -0.4 is 14.4 Å². The fraction of sp³-hybridized carbons (Fsp3) is 0.294. The Kier molecular flexibility index (Phi) is 8.72. The molecule has 0 aliphatic carbocycles. The van der Waals surface area contributed by atoms with E-state index in [1.165, 1.54) is 33.6 Å². The summed E-state index contributed by atoms with van der Waals surface area (Å²) in [6.45, 7) is 6.67. The van der Waals surface area contributed by atoms with Crippen molar-refractivity contribution in [3.05, 3.63) is 100 Å². The number of hydrogen-bond donors (Lipinski definition) is 1. The van der Waals surface area contributed by atoms with Crippen molar-refractivity contribution in [2.24, 2.45) is 0 Å². The molecule has 2 aliphatic rings. The van der Waals surface area contributed by atoms with Crippen molar-refractivity contribution in [3.63, 3.8) is 0 Å². The first-order valence-corrected chi connectivity index (χ1v) is 16.5. The first kappa shape index (κ1) is 29.9. The minimum absolute atomic E-state index is 0.00307. The third-order valence-corrected chi connectivity index (χ3v) is 9.77. The van der Waals surface area contributed by atoms with Crippen LogP contribution in [0.5, 0.6) is 11.5 Å². The molecule has 0 spiro atoms. The first-order chi connectivity index (χ1) is 21.3. The number of nitrogens with zero attached hydrogens (tertiary/aromatic N) is 3. The van der Waals surface area contributed by atoms with Gasteiger partial charge >= 0.3 is 5.91 Å². The Labute approximate surface area is 264 Å². The normalized spacial score (nSPS) is 18.8. The fourth-order valence-electron chi connectivity index (χ4n) is 5.37. The molecule has 3 aromatic carbocycles. The Morgan fingerprint density at radius 3 is 2.73 bits per heavy atom. The van der Waals surface area contributed by atoms with Crippen LogP contribution in [-0.4, -0.2) is 39.7 Å². The Morgan fingerprint density at radius 1 is 1.11 bits per heavy atom. The molecule has 2 aliphatic heterocycles. The van der Waals surface area contributed by atoms with Crippen molar-refractivity contribution in [1.29, 1.82) is 0 Å². The third kappa shape index (κ3) is 6.09. The Morgan fingerprint density at radius 2 is 1.93 bits per heavy atom. The number of hydrogen-bond acceptors (Lipinski definition) is 9. The van der Waals surface area contributed by atoms with Crippen molar-refractivity contribution in [1.82, 2.24) is 10.2 Å². The van der Waals surface area contributed by atoms with Crippen LogP contribution in [0.3, 0.4) is 0 Å². The van der Waals surface area contributed by atoms with Crippen molar-refractivity contribution in [2.75, 3.05) is 11.5 Å². The van der Waals surface area contributed by atoms with Gasteiger partial charge in [0.25, 0.3) is 5.78 Å². The number of Topliss-reactive ketones (excluding diaryl/α,β-unsaturated/α-hetero) is 1. The minimum atomic E-state index is -0.920. The number of ether oxygens (including phenoxy) is 2. The summed E-state index contributed by atoms with van der Waals surface area (Å²) < 4.78 is 12.5. The number of thioether (sulfide) groups is 1. The lowest BCUT2D eigenvalue weighted by atomic mass is 9.94. The first-order valence-electron chi connectivity index (χ1n) is 14.7. The lowest BCUT2D eigenvalue weighted by Crippen LogP contribution is -2.29. The average molecular weight is 628 g/mol. The van der Waals surface area contributed by atoms with Crippen molar-refractivity contribution in [3.8, 4) is 11.5 Å². The molecule has 0 bridgehead atoms. The molecule has 2 atom stereocenters. The summed E-state index contributed by atoms with van der Waals surface area (Å²) in [5, 5.41) is 20.6. The zero-order valence-electron chi connectivity index (χ0n) is 24.8. The van der Waals surface area contributed by atoms with E-state index in [2.05, 4.69) is 41.4 Å². The summed E-state index contributed by atoms with van der Waals surface area (Å²) in [4.78, 5) is 28.7. The number of carbonyl (C=O) groups excluding carboxylic acids is 2. The second kappa shape index (κ2) is 12.8. The SMILES string of the molecule is CCCCOc1cccc([C@@H]2/C(=C(\O)c3ccc4c(c3)C[C@H](C)O4)C(=O)C(=O)N2c2nnc(SCc3ccc(C)cc3)s2)c1. The van der Waals surface area contributed by atoms with Gasteiger partial charge in [0.1, 0.15) is 23.4 Å². The molecule has 6 rings (SSSR count). The van der Waals surface area contributed by atoms with Gasteiger partial charge in [-0.25, -0.2) is 0 Å². The molecule has 1 N–H and O–H groups in total. The van der Waals surface area contributed by atoms with Crippen LogP contribution in [0.25, 0.3) is 5.76 Å². The van der Waals surface area contributed by atoms with Crippen LogP contribution in [0, 0.1) is 6.92 Å². The topological polar surface area (TPSA) is 102 Å². The second-order valence-corrected chi connectivity index (χ2v) is 13.2. The van der Waals surface area contributed by atoms with Gasteiger partial charge in [0.15, 0.2) is 4.34 Å². The standard InChI is InChI=1S/C34H33N3O5S2/c1-4-5-15-41-26-8-6-7-23(18-26)29-28(30(38)24-13-14-27-25(17-24)16-21(3)42-27)31(39)32(40)37(29)33-35-36-34(44-33)43-19-22-11-9-20(2)10-12-22/h6-14,17-18,21,29,38H,4-5,15-16,19H2,1-3H3/b30-28+/t21-,29+/m0/s1. The molecular formula is C34H33N3O5S2. The number of aromatic nitrogens is 2. The van der Waals surface area contributed by atoms with Crippen LogP contribution in [0.15, 0.2) is 76.6 Å². The average Bonchev–Trinajstić information content (AvgIpc) is 3.71. The Balaban J connectivity index is 1.38. The van der Waals surface area contributed by atoms with Gasteiger partial charge in [-0.2, -0.15) is 0 Å². The molecule has 0 unspecified atom stereocenters. The predicted molar refractivity (Wildman–Crippen MR) is 173 cm³/mol. The monoisotopic (exact) mass is 627 g/mol. The molecule has 8 nitrogen and oxygen atoms in total. The predicted octanol–water partition coefficient (Wildman–Crippen LogP) is 7.27. The number of unbranched alkanes of at least 4 members (excludes halogenated alkanes) is 1. The highest BCUT2D eigenvalue weighted by Crippen LogP contribution is 2.45. The summed E-state index contributed by atoms with van der Waals surface area (Å²) in [6.07, 6.45) is 2.61. The maximum Gasteiger partial charge on any atom is 0.301 e. The smallest absolute Gasteiger partial charge is 0.301 e. The third-order valence-electron chi connectivity index (χ3n) is 7.64. The zero-order valence-corrected chi connectivity index (χ0v) is 26.4. The minimum Gasteiger partial charge on any atom is -0.507 e. The van der Waals surface area contributed by atoms with Crippen LogP contribution in [0.4, 0.5) is 5.13 Å². The highest BCUT2D eigenvalue weighted by atomic mass is 32.2. The van der Waals surface area contributed by atoms with E-state index in [-0.39, 0.29) is 22.6 Å². The number of rotatable bonds is 10. The summed E-state index contributed by atoms with van der Waals surface area (Å²) in [6, 6.07) is 20.0. The molecule has 10 heteroatoms. The van der Waals surface area contributed by atoms with Crippen molar-refractivity contribution < 1.29 is 24.2 Å². The maximum atomic E-state index is 13.7. The number of fused-ring (bicyclic) bond motifs is 1. The Hall–Kier alpha value is -4.15. The lowest BCUT2D eigenvalue weighted by molar-refractivity contribution is -0.132. The molecule has 0 radical (unpaired) electrons. The van der Waals surface area contributed by atoms with Gasteiger partial charge in [-0.15, -0.1) is 10.2 Å². The number of carbonyl (C=O) groups is 2. The van der Waals surface area contributed by atoms with Crippen molar-refractivity contribution >= 4 is 45.7 Å². The van der Waals surface area contributed by atoms with E-state index in [0.717, 1.165) is 29.7 Å². The number of aliphatic hydroxyl groups excluding tert-OH is 1. The van der Waals surface area contributed by atoms with Gasteiger partial charge in [-0.05, 0) is 67.3 Å². The summed E-state index contributed by atoms with van der Waals surface area (Å²) >= 11 is 2.76. The van der Waals surface area contributed by atoms with E-state index in [4.69, 9.17) is 9.47 Å². The maximum absolute atomic E-state index is 13.7. The van der Waals surface area contributed by atoms with Gasteiger partial charge in [0.05, 0.1) is 18.2 Å². The molecule has 3 heterocycles. The molecular weight excluding hydrogens is 595 g/mol. The van der Waals surface area contributed by atoms with E-state index in [1.54, 1.807) is 12.1 Å². The molecule has 1 saturated heterocycles. The number of aliphatic hydroxyl groups is 1. The number of aryl methyl sites for hydroxylation is 1. The van der Waals surface area contributed by atoms with Crippen LogP contribution >= 0.6 is 23.1 Å². The van der Waals surface area contributed by atoms with E-state index in [1.807, 2.05) is 44.2 Å². The van der Waals surface area contributed by atoms with Crippen LogP contribution in [0.2, 0.25) is 0 Å². The van der Waals surface area contributed by atoms with E-state index < -0.39 is 17.7 Å². The highest BCUT2D eigenvalue weighted by Gasteiger charge is 2.48. The lowest BCUT2D eigenvalue weighted by Gasteiger charge is -2.23. The van der Waals surface area contributed by atoms with Gasteiger partial charge < -0.3 is 14.6 Å². The van der Waals surface area contributed by atoms with Gasteiger partial charge in [0, 0.05) is 17.7 Å². The highest BCUT2D eigenvalue weighted by molar-refractivity contribution is 8.00. The molecule has 1 fully saturated rings. The van der Waals surface area contributed by atoms with Gasteiger partial charge in [0.2, 0.25) is 5.13 Å². The number of ketones is 1. The molecule has 226 valence electrons. The largest absolute Gasteiger partial charge is 0.507 e. The number of benzene rings is 3. The molecule has 44 heavy (non-hydrogen) atoms. The van der Waals surface area contributed by atoms with Gasteiger partial charge in [-0.1, -0.05) is 78.4 Å². The van der Waals surface area contributed by atoms with E-state index in [0.29, 0.717) is 40.0 Å². The quantitative estimate of drug-likeness (QED) is 0.0489. The summed E-state index contributed by atoms with van der Waals surface area (Å²) in [5.41, 5.74) is 4.35. The zero-order chi connectivity index (χ0) is 30.8. The van der Waals surface area contributed by atoms with Crippen molar-refractivity contribution in [2.45, 2.75) is 62.3 Å². The fourth-order valence-corrected chi connectivity index (χ4v) is 7.19. The second-order valence-electron chi connectivity index (χ2n) is 11.0. The van der Waals surface area contributed by atoms with E-state index in [9.17, 15) is 14.7 Å².